The summed E-state index contributed by atoms with van der Waals surface area (Å²) in [5.41, 5.74) is 5.24. The van der Waals surface area contributed by atoms with E-state index < -0.39 is 0 Å². The van der Waals surface area contributed by atoms with E-state index in [0.29, 0.717) is 31.1 Å². The average Bonchev–Trinajstić information content (AvgIpc) is 2.63. The number of carbonyl (C=O) groups excluding carboxylic acids is 1. The minimum absolute atomic E-state index is 0.132. The van der Waals surface area contributed by atoms with Gasteiger partial charge in [-0.3, -0.25) is 4.79 Å². The van der Waals surface area contributed by atoms with Crippen LogP contribution in [0.2, 0.25) is 0 Å². The van der Waals surface area contributed by atoms with Crippen LogP contribution in [0.1, 0.15) is 11.4 Å². The summed E-state index contributed by atoms with van der Waals surface area (Å²) in [5, 5.41) is 11.7. The Morgan fingerprint density at radius 3 is 3.07 bits per heavy atom. The summed E-state index contributed by atoms with van der Waals surface area (Å²) >= 11 is 1.35. The van der Waals surface area contributed by atoms with E-state index in [9.17, 15) is 4.79 Å². The van der Waals surface area contributed by atoms with E-state index in [2.05, 4.69) is 15.5 Å². The zero-order chi connectivity index (χ0) is 11.1. The molecule has 0 aliphatic heterocycles. The van der Waals surface area contributed by atoms with Crippen LogP contribution in [0.5, 0.6) is 0 Å². The average molecular weight is 230 g/mol. The number of carbonyl (C=O) groups is 1. The van der Waals surface area contributed by atoms with Crippen molar-refractivity contribution >= 4 is 22.4 Å². The summed E-state index contributed by atoms with van der Waals surface area (Å²) in [6, 6.07) is 0. The van der Waals surface area contributed by atoms with Gasteiger partial charge in [0, 0.05) is 26.5 Å². The first-order chi connectivity index (χ1) is 7.26. The van der Waals surface area contributed by atoms with Gasteiger partial charge in [0.1, 0.15) is 5.01 Å². The lowest BCUT2D eigenvalue weighted by atomic mass is 10.4. The highest BCUT2D eigenvalue weighted by molar-refractivity contribution is 7.15. The molecule has 0 unspecified atom stereocenters. The molecule has 1 aromatic heterocycles. The Kier molecular flexibility index (Phi) is 5.16. The van der Waals surface area contributed by atoms with Crippen molar-refractivity contribution < 1.29 is 9.53 Å². The highest BCUT2D eigenvalue weighted by atomic mass is 32.1. The molecular weight excluding hydrogens is 216 g/mol. The predicted octanol–water partition coefficient (Wildman–Crippen LogP) is 0.0143. The fourth-order valence-corrected chi connectivity index (χ4v) is 1.64. The number of ether oxygens (including phenoxy) is 1. The standard InChI is InChI=1S/C8H14N4O2S/c1-14-5-3-7-11-12-8(15-7)10-6(13)2-4-9/h2-5,9H2,1H3,(H,10,12,13). The number of nitrogens with one attached hydrogen (secondary N) is 1. The Morgan fingerprint density at radius 2 is 2.40 bits per heavy atom. The molecule has 0 fully saturated rings. The first kappa shape index (κ1) is 12.0. The van der Waals surface area contributed by atoms with Crippen LogP contribution in [-0.4, -0.2) is 36.4 Å². The van der Waals surface area contributed by atoms with Crippen molar-refractivity contribution in [3.8, 4) is 0 Å². The molecule has 0 aromatic carbocycles. The molecule has 6 nitrogen and oxygen atoms in total. The van der Waals surface area contributed by atoms with Crippen molar-refractivity contribution in [1.29, 1.82) is 0 Å². The van der Waals surface area contributed by atoms with E-state index in [1.54, 1.807) is 7.11 Å². The summed E-state index contributed by atoms with van der Waals surface area (Å²) in [5.74, 6) is -0.132. The fraction of sp³-hybridized carbons (Fsp3) is 0.625. The number of hydrogen-bond acceptors (Lipinski definition) is 6. The number of aromatic nitrogens is 2. The van der Waals surface area contributed by atoms with E-state index in [1.165, 1.54) is 11.3 Å². The zero-order valence-corrected chi connectivity index (χ0v) is 9.34. The first-order valence-electron chi connectivity index (χ1n) is 4.57. The fourth-order valence-electron chi connectivity index (χ4n) is 0.907. The third kappa shape index (κ3) is 4.32. The molecular formula is C8H14N4O2S. The first-order valence-corrected chi connectivity index (χ1v) is 5.39. The van der Waals surface area contributed by atoms with Crippen LogP contribution in [0.25, 0.3) is 0 Å². The number of methoxy groups -OCH3 is 1. The Bertz CT molecular complexity index is 315. The van der Waals surface area contributed by atoms with Crippen molar-refractivity contribution in [2.45, 2.75) is 12.8 Å². The van der Waals surface area contributed by atoms with E-state index in [-0.39, 0.29) is 5.91 Å². The molecule has 1 amide bonds. The number of nitrogens with zero attached hydrogens (tertiary/aromatic N) is 2. The highest BCUT2D eigenvalue weighted by Gasteiger charge is 2.06. The van der Waals surface area contributed by atoms with Crippen molar-refractivity contribution in [3.63, 3.8) is 0 Å². The molecule has 0 aliphatic rings. The SMILES string of the molecule is COCCc1nnc(NC(=O)CCN)s1. The summed E-state index contributed by atoms with van der Waals surface area (Å²) in [6.45, 7) is 0.937. The van der Waals surface area contributed by atoms with Gasteiger partial charge in [0.05, 0.1) is 6.61 Å². The smallest absolute Gasteiger partial charge is 0.227 e. The second kappa shape index (κ2) is 6.44. The van der Waals surface area contributed by atoms with Gasteiger partial charge in [-0.25, -0.2) is 0 Å². The van der Waals surface area contributed by atoms with Crippen LogP contribution < -0.4 is 11.1 Å². The molecule has 0 spiro atoms. The van der Waals surface area contributed by atoms with E-state index in [1.807, 2.05) is 0 Å². The zero-order valence-electron chi connectivity index (χ0n) is 8.52. The summed E-state index contributed by atoms with van der Waals surface area (Å²) < 4.78 is 4.91. The number of amides is 1. The number of nitrogens with two attached hydrogens (primary N) is 1. The summed E-state index contributed by atoms with van der Waals surface area (Å²) in [7, 11) is 1.63. The molecule has 0 saturated heterocycles. The van der Waals surface area contributed by atoms with Crippen LogP contribution in [0.4, 0.5) is 5.13 Å². The van der Waals surface area contributed by atoms with Crippen LogP contribution >= 0.6 is 11.3 Å². The van der Waals surface area contributed by atoms with Crippen LogP contribution in [-0.2, 0) is 16.0 Å². The maximum absolute atomic E-state index is 11.2. The predicted molar refractivity (Wildman–Crippen MR) is 57.8 cm³/mol. The van der Waals surface area contributed by atoms with Crippen LogP contribution in [0, 0.1) is 0 Å². The minimum Gasteiger partial charge on any atom is -0.384 e. The quantitative estimate of drug-likeness (QED) is 0.718. The number of hydrogen-bond donors (Lipinski definition) is 2. The molecule has 0 radical (unpaired) electrons. The maximum atomic E-state index is 11.2. The van der Waals surface area contributed by atoms with Crippen molar-refractivity contribution in [1.82, 2.24) is 10.2 Å². The van der Waals surface area contributed by atoms with Gasteiger partial charge < -0.3 is 15.8 Å². The Hall–Kier alpha value is -1.05. The third-order valence-electron chi connectivity index (χ3n) is 1.60. The molecule has 1 rings (SSSR count). The summed E-state index contributed by atoms with van der Waals surface area (Å²) in [4.78, 5) is 11.2. The second-order valence-corrected chi connectivity index (χ2v) is 3.89. The lowest BCUT2D eigenvalue weighted by Crippen LogP contribution is -2.15. The van der Waals surface area contributed by atoms with Gasteiger partial charge in [-0.2, -0.15) is 0 Å². The van der Waals surface area contributed by atoms with Crippen LogP contribution in [0.3, 0.4) is 0 Å². The van der Waals surface area contributed by atoms with Crippen molar-refractivity contribution in [3.05, 3.63) is 5.01 Å². The van der Waals surface area contributed by atoms with Gasteiger partial charge in [-0.05, 0) is 0 Å². The van der Waals surface area contributed by atoms with Gasteiger partial charge >= 0.3 is 0 Å². The minimum atomic E-state index is -0.132. The third-order valence-corrected chi connectivity index (χ3v) is 2.50. The lowest BCUT2D eigenvalue weighted by Gasteiger charge is -1.97. The highest BCUT2D eigenvalue weighted by Crippen LogP contribution is 2.15. The van der Waals surface area contributed by atoms with E-state index in [0.717, 1.165) is 5.01 Å². The Morgan fingerprint density at radius 1 is 1.60 bits per heavy atom. The molecule has 1 aromatic rings. The van der Waals surface area contributed by atoms with E-state index >= 15 is 0 Å². The molecule has 1 heterocycles. The van der Waals surface area contributed by atoms with Crippen molar-refractivity contribution in [2.75, 3.05) is 25.6 Å². The molecule has 0 bridgehead atoms. The topological polar surface area (TPSA) is 90.1 Å². The molecule has 3 N–H and O–H groups in total. The normalized spacial score (nSPS) is 10.3. The van der Waals surface area contributed by atoms with Crippen LogP contribution in [0.15, 0.2) is 0 Å². The molecule has 7 heteroatoms. The van der Waals surface area contributed by atoms with Crippen molar-refractivity contribution in [2.24, 2.45) is 5.73 Å². The number of rotatable bonds is 6. The molecule has 0 aliphatic carbocycles. The summed E-state index contributed by atoms with van der Waals surface area (Å²) in [6.07, 6.45) is 1.01. The lowest BCUT2D eigenvalue weighted by molar-refractivity contribution is -0.116. The second-order valence-electron chi connectivity index (χ2n) is 2.83. The Balaban J connectivity index is 2.42. The van der Waals surface area contributed by atoms with E-state index in [4.69, 9.17) is 10.5 Å². The molecule has 15 heavy (non-hydrogen) atoms. The van der Waals surface area contributed by atoms with Gasteiger partial charge in [0.25, 0.3) is 0 Å². The Labute approximate surface area is 91.8 Å². The molecule has 0 atom stereocenters. The monoisotopic (exact) mass is 230 g/mol. The number of anilines is 1. The van der Waals surface area contributed by atoms with Gasteiger partial charge in [0.15, 0.2) is 0 Å². The molecule has 84 valence electrons. The maximum Gasteiger partial charge on any atom is 0.227 e. The van der Waals surface area contributed by atoms with Gasteiger partial charge in [-0.1, -0.05) is 11.3 Å². The van der Waals surface area contributed by atoms with Gasteiger partial charge in [-0.15, -0.1) is 10.2 Å². The molecule has 0 saturated carbocycles. The largest absolute Gasteiger partial charge is 0.384 e. The van der Waals surface area contributed by atoms with Gasteiger partial charge in [0.2, 0.25) is 11.0 Å².